The van der Waals surface area contributed by atoms with Gasteiger partial charge in [-0.1, -0.05) is 0 Å². The first kappa shape index (κ1) is 15.8. The number of carbonyl (C=O) groups excluding carboxylic acids is 2. The lowest BCUT2D eigenvalue weighted by molar-refractivity contribution is -0.137. The van der Waals surface area contributed by atoms with Gasteiger partial charge in [0.2, 0.25) is 0 Å². The van der Waals surface area contributed by atoms with E-state index in [1.165, 1.54) is 14.0 Å². The van der Waals surface area contributed by atoms with Crippen LogP contribution >= 0.6 is 0 Å². The topological polar surface area (TPSA) is 67.4 Å². The third-order valence-corrected chi connectivity index (χ3v) is 2.33. The van der Waals surface area contributed by atoms with Crippen LogP contribution in [-0.2, 0) is 11.0 Å². The lowest BCUT2D eigenvalue weighted by Gasteiger charge is -2.14. The summed E-state index contributed by atoms with van der Waals surface area (Å²) in [5.41, 5.74) is -0.813. The lowest BCUT2D eigenvalue weighted by Crippen LogP contribution is -2.43. The van der Waals surface area contributed by atoms with Crippen LogP contribution in [0.1, 0.15) is 12.5 Å². The zero-order chi connectivity index (χ0) is 15.3. The molecule has 5 nitrogen and oxygen atoms in total. The molecule has 0 aliphatic rings. The van der Waals surface area contributed by atoms with Gasteiger partial charge in [-0.15, -0.1) is 0 Å². The van der Waals surface area contributed by atoms with Crippen molar-refractivity contribution in [3.63, 3.8) is 0 Å². The van der Waals surface area contributed by atoms with Gasteiger partial charge in [0.05, 0.1) is 5.56 Å². The second kappa shape index (κ2) is 6.27. The summed E-state index contributed by atoms with van der Waals surface area (Å²) < 4.78 is 42.2. The second-order valence-corrected chi connectivity index (χ2v) is 3.85. The van der Waals surface area contributed by atoms with Crippen LogP contribution in [0.5, 0.6) is 5.75 Å². The smallest absolute Gasteiger partial charge is 0.416 e. The van der Waals surface area contributed by atoms with Crippen molar-refractivity contribution >= 4 is 11.9 Å². The Balaban J connectivity index is 2.64. The molecule has 1 rings (SSSR count). The molecule has 0 aliphatic carbocycles. The standard InChI is InChI=1S/C12H13F3N2O3/c1-7(10(18)17-11(19)16-2)20-9-5-3-8(4-6-9)12(13,14)15/h3-7H,1-2H3,(H2,16,17,18,19)/t7-/m0/s1. The van der Waals surface area contributed by atoms with E-state index in [1.54, 1.807) is 0 Å². The summed E-state index contributed by atoms with van der Waals surface area (Å²) in [4.78, 5) is 22.4. The van der Waals surface area contributed by atoms with E-state index in [2.05, 4.69) is 5.32 Å². The monoisotopic (exact) mass is 290 g/mol. The maximum Gasteiger partial charge on any atom is 0.416 e. The number of halogens is 3. The van der Waals surface area contributed by atoms with E-state index in [-0.39, 0.29) is 5.75 Å². The number of ether oxygens (including phenoxy) is 1. The van der Waals surface area contributed by atoms with Gasteiger partial charge >= 0.3 is 12.2 Å². The van der Waals surface area contributed by atoms with E-state index in [9.17, 15) is 22.8 Å². The summed E-state index contributed by atoms with van der Waals surface area (Å²) in [5, 5.41) is 4.18. The Bertz CT molecular complexity index is 486. The van der Waals surface area contributed by atoms with E-state index in [0.29, 0.717) is 0 Å². The molecule has 1 atom stereocenters. The zero-order valence-electron chi connectivity index (χ0n) is 10.7. The van der Waals surface area contributed by atoms with Crippen molar-refractivity contribution in [3.05, 3.63) is 29.8 Å². The van der Waals surface area contributed by atoms with Crippen molar-refractivity contribution < 1.29 is 27.5 Å². The van der Waals surface area contributed by atoms with Crippen molar-refractivity contribution in [3.8, 4) is 5.75 Å². The molecule has 0 spiro atoms. The molecule has 0 bridgehead atoms. The molecule has 1 aromatic rings. The summed E-state index contributed by atoms with van der Waals surface area (Å²) in [6.07, 6.45) is -5.45. The second-order valence-electron chi connectivity index (χ2n) is 3.85. The van der Waals surface area contributed by atoms with E-state index in [0.717, 1.165) is 24.3 Å². The van der Waals surface area contributed by atoms with E-state index < -0.39 is 29.8 Å². The van der Waals surface area contributed by atoms with Gasteiger partial charge in [0.15, 0.2) is 6.10 Å². The molecule has 110 valence electrons. The number of hydrogen-bond donors (Lipinski definition) is 2. The molecule has 0 radical (unpaired) electrons. The quantitative estimate of drug-likeness (QED) is 0.893. The largest absolute Gasteiger partial charge is 0.481 e. The molecular weight excluding hydrogens is 277 g/mol. The molecule has 20 heavy (non-hydrogen) atoms. The fourth-order valence-corrected chi connectivity index (χ4v) is 1.26. The molecule has 0 saturated heterocycles. The number of nitrogens with one attached hydrogen (secondary N) is 2. The predicted octanol–water partition coefficient (Wildman–Crippen LogP) is 1.93. The van der Waals surface area contributed by atoms with Crippen LogP contribution in [0.15, 0.2) is 24.3 Å². The van der Waals surface area contributed by atoms with E-state index in [4.69, 9.17) is 4.74 Å². The summed E-state index contributed by atoms with van der Waals surface area (Å²) >= 11 is 0. The van der Waals surface area contributed by atoms with Crippen LogP contribution in [0.4, 0.5) is 18.0 Å². The molecule has 0 aromatic heterocycles. The Hall–Kier alpha value is -2.25. The van der Waals surface area contributed by atoms with Crippen LogP contribution < -0.4 is 15.4 Å². The van der Waals surface area contributed by atoms with Gasteiger partial charge in [0, 0.05) is 7.05 Å². The average molecular weight is 290 g/mol. The number of benzene rings is 1. The number of amides is 3. The molecule has 0 heterocycles. The van der Waals surface area contributed by atoms with Gasteiger partial charge in [-0.2, -0.15) is 13.2 Å². The maximum absolute atomic E-state index is 12.3. The maximum atomic E-state index is 12.3. The molecule has 8 heteroatoms. The highest BCUT2D eigenvalue weighted by Crippen LogP contribution is 2.30. The zero-order valence-corrected chi connectivity index (χ0v) is 10.7. The van der Waals surface area contributed by atoms with Gasteiger partial charge < -0.3 is 10.1 Å². The van der Waals surface area contributed by atoms with Crippen molar-refractivity contribution in [2.24, 2.45) is 0 Å². The van der Waals surface area contributed by atoms with Gasteiger partial charge in [-0.3, -0.25) is 10.1 Å². The first-order chi connectivity index (χ1) is 9.24. The number of hydrogen-bond acceptors (Lipinski definition) is 3. The number of carbonyl (C=O) groups is 2. The summed E-state index contributed by atoms with van der Waals surface area (Å²) in [5.74, 6) is -0.609. The van der Waals surface area contributed by atoms with Gasteiger partial charge in [0.1, 0.15) is 5.75 Å². The highest BCUT2D eigenvalue weighted by atomic mass is 19.4. The van der Waals surface area contributed by atoms with Crippen LogP contribution in [0.3, 0.4) is 0 Å². The Morgan fingerprint density at radius 2 is 1.75 bits per heavy atom. The molecule has 3 amide bonds. The van der Waals surface area contributed by atoms with Crippen molar-refractivity contribution in [2.45, 2.75) is 19.2 Å². The fraction of sp³-hybridized carbons (Fsp3) is 0.333. The van der Waals surface area contributed by atoms with Crippen LogP contribution in [0, 0.1) is 0 Å². The Kier molecular flexibility index (Phi) is 4.95. The van der Waals surface area contributed by atoms with E-state index >= 15 is 0 Å². The molecule has 0 aliphatic heterocycles. The third kappa shape index (κ3) is 4.45. The minimum atomic E-state index is -4.43. The third-order valence-electron chi connectivity index (χ3n) is 2.33. The van der Waals surface area contributed by atoms with Crippen LogP contribution in [0.25, 0.3) is 0 Å². The Labute approximate surface area is 113 Å². The molecule has 0 unspecified atom stereocenters. The summed E-state index contributed by atoms with van der Waals surface area (Å²) in [7, 11) is 1.34. The number of imide groups is 1. The van der Waals surface area contributed by atoms with Crippen molar-refractivity contribution in [2.75, 3.05) is 7.05 Å². The fourth-order valence-electron chi connectivity index (χ4n) is 1.26. The van der Waals surface area contributed by atoms with Gasteiger partial charge in [-0.05, 0) is 31.2 Å². The van der Waals surface area contributed by atoms with Crippen molar-refractivity contribution in [1.82, 2.24) is 10.6 Å². The molecule has 1 aromatic carbocycles. The van der Waals surface area contributed by atoms with E-state index in [1.807, 2.05) is 5.32 Å². The molecular formula is C12H13F3N2O3. The average Bonchev–Trinajstić information content (AvgIpc) is 2.38. The number of rotatable bonds is 3. The van der Waals surface area contributed by atoms with Crippen LogP contribution in [0.2, 0.25) is 0 Å². The molecule has 2 N–H and O–H groups in total. The SMILES string of the molecule is CNC(=O)NC(=O)[C@H](C)Oc1ccc(C(F)(F)F)cc1. The highest BCUT2D eigenvalue weighted by Gasteiger charge is 2.30. The Morgan fingerprint density at radius 1 is 1.20 bits per heavy atom. The number of alkyl halides is 3. The molecule has 0 saturated carbocycles. The summed E-state index contributed by atoms with van der Waals surface area (Å²) in [6.45, 7) is 1.37. The minimum absolute atomic E-state index is 0.0950. The highest BCUT2D eigenvalue weighted by molar-refractivity contribution is 5.96. The lowest BCUT2D eigenvalue weighted by atomic mass is 10.2. The number of urea groups is 1. The molecule has 0 fully saturated rings. The van der Waals surface area contributed by atoms with Crippen LogP contribution in [-0.4, -0.2) is 25.1 Å². The van der Waals surface area contributed by atoms with Gasteiger partial charge in [0.25, 0.3) is 5.91 Å². The Morgan fingerprint density at radius 3 is 2.20 bits per heavy atom. The first-order valence-corrected chi connectivity index (χ1v) is 5.60. The normalized spacial score (nSPS) is 12.4. The van der Waals surface area contributed by atoms with Gasteiger partial charge in [-0.25, -0.2) is 4.79 Å². The van der Waals surface area contributed by atoms with Crippen molar-refractivity contribution in [1.29, 1.82) is 0 Å². The first-order valence-electron chi connectivity index (χ1n) is 5.60. The summed E-state index contributed by atoms with van der Waals surface area (Å²) in [6, 6.07) is 3.20. The predicted molar refractivity (Wildman–Crippen MR) is 64.1 cm³/mol. The minimum Gasteiger partial charge on any atom is -0.481 e.